The average Bonchev–Trinajstić information content (AvgIpc) is 2.93. The van der Waals surface area contributed by atoms with E-state index in [1.807, 2.05) is 0 Å². The van der Waals surface area contributed by atoms with Gasteiger partial charge in [0.25, 0.3) is 0 Å². The minimum Gasteiger partial charge on any atom is -0.456 e. The highest BCUT2D eigenvalue weighted by molar-refractivity contribution is 5.75. The van der Waals surface area contributed by atoms with E-state index in [-0.39, 0.29) is 13.2 Å². The lowest BCUT2D eigenvalue weighted by molar-refractivity contribution is -0.156. The summed E-state index contributed by atoms with van der Waals surface area (Å²) in [5, 5.41) is 0. The van der Waals surface area contributed by atoms with Gasteiger partial charge in [-0.25, -0.2) is 0 Å². The van der Waals surface area contributed by atoms with Crippen molar-refractivity contribution in [3.05, 3.63) is 0 Å². The average molecular weight is 288 g/mol. The van der Waals surface area contributed by atoms with E-state index in [0.29, 0.717) is 0 Å². The molecule has 6 atom stereocenters. The van der Waals surface area contributed by atoms with Crippen LogP contribution in [0.4, 0.5) is 0 Å². The van der Waals surface area contributed by atoms with Gasteiger partial charge in [0.05, 0.1) is 13.2 Å². The summed E-state index contributed by atoms with van der Waals surface area (Å²) in [6, 6.07) is -1.41. The van der Waals surface area contributed by atoms with Gasteiger partial charge in [-0.15, -0.1) is 0 Å². The summed E-state index contributed by atoms with van der Waals surface area (Å²) in [6.07, 6.45) is -1.94. The SMILES string of the molecule is C[C@H](N)C(=O)O[C@H]1CO[C@H]2[C@@H]1OC[C@H]2OC(=O)[C@H](C)N. The quantitative estimate of drug-likeness (QED) is 0.587. The number of hydrogen-bond donors (Lipinski definition) is 2. The van der Waals surface area contributed by atoms with E-state index in [1.54, 1.807) is 13.8 Å². The number of esters is 2. The van der Waals surface area contributed by atoms with Crippen molar-refractivity contribution < 1.29 is 28.5 Å². The molecule has 0 bridgehead atoms. The third kappa shape index (κ3) is 3.09. The summed E-state index contributed by atoms with van der Waals surface area (Å²) in [5.74, 6) is -1.03. The zero-order chi connectivity index (χ0) is 14.9. The highest BCUT2D eigenvalue weighted by Crippen LogP contribution is 2.30. The van der Waals surface area contributed by atoms with E-state index in [2.05, 4.69) is 0 Å². The molecule has 0 aromatic heterocycles. The minimum atomic E-state index is -0.706. The molecule has 8 heteroatoms. The van der Waals surface area contributed by atoms with Gasteiger partial charge in [0, 0.05) is 0 Å². The fraction of sp³-hybridized carbons (Fsp3) is 0.833. The van der Waals surface area contributed by atoms with Crippen LogP contribution in [0.1, 0.15) is 13.8 Å². The summed E-state index contributed by atoms with van der Waals surface area (Å²) in [4.78, 5) is 23.0. The normalized spacial score (nSPS) is 35.2. The molecule has 8 nitrogen and oxygen atoms in total. The monoisotopic (exact) mass is 288 g/mol. The van der Waals surface area contributed by atoms with E-state index in [0.717, 1.165) is 0 Å². The first-order valence-electron chi connectivity index (χ1n) is 6.55. The fourth-order valence-corrected chi connectivity index (χ4v) is 2.14. The zero-order valence-corrected chi connectivity index (χ0v) is 11.5. The van der Waals surface area contributed by atoms with E-state index in [4.69, 9.17) is 30.4 Å². The largest absolute Gasteiger partial charge is 0.456 e. The smallest absolute Gasteiger partial charge is 0.323 e. The lowest BCUT2D eigenvalue weighted by Gasteiger charge is -2.18. The second-order valence-corrected chi connectivity index (χ2v) is 5.12. The number of nitrogens with two attached hydrogens (primary N) is 2. The summed E-state index contributed by atoms with van der Waals surface area (Å²) in [5.41, 5.74) is 10.9. The third-order valence-corrected chi connectivity index (χ3v) is 3.24. The first kappa shape index (κ1) is 15.2. The maximum atomic E-state index is 11.5. The Bertz CT molecular complexity index is 350. The molecule has 2 rings (SSSR count). The van der Waals surface area contributed by atoms with Gasteiger partial charge in [-0.2, -0.15) is 0 Å². The summed E-state index contributed by atoms with van der Waals surface area (Å²) in [7, 11) is 0. The van der Waals surface area contributed by atoms with Crippen LogP contribution in [0.5, 0.6) is 0 Å². The van der Waals surface area contributed by atoms with Crippen molar-refractivity contribution in [2.24, 2.45) is 11.5 Å². The Morgan fingerprint density at radius 1 is 0.950 bits per heavy atom. The molecule has 114 valence electrons. The van der Waals surface area contributed by atoms with Gasteiger partial charge in [-0.05, 0) is 13.8 Å². The van der Waals surface area contributed by atoms with Crippen LogP contribution in [-0.4, -0.2) is 61.7 Å². The van der Waals surface area contributed by atoms with Crippen molar-refractivity contribution in [2.45, 2.75) is 50.3 Å². The van der Waals surface area contributed by atoms with E-state index in [9.17, 15) is 9.59 Å². The molecule has 2 aliphatic heterocycles. The molecule has 0 aliphatic carbocycles. The van der Waals surface area contributed by atoms with Crippen LogP contribution in [0.15, 0.2) is 0 Å². The van der Waals surface area contributed by atoms with Gasteiger partial charge < -0.3 is 30.4 Å². The predicted molar refractivity (Wildman–Crippen MR) is 66.5 cm³/mol. The van der Waals surface area contributed by atoms with Crippen molar-refractivity contribution in [1.82, 2.24) is 0 Å². The van der Waals surface area contributed by atoms with Crippen LogP contribution in [0.3, 0.4) is 0 Å². The highest BCUT2D eigenvalue weighted by Gasteiger charge is 2.51. The molecule has 2 saturated heterocycles. The maximum Gasteiger partial charge on any atom is 0.323 e. The van der Waals surface area contributed by atoms with Crippen molar-refractivity contribution in [3.63, 3.8) is 0 Å². The van der Waals surface area contributed by atoms with Crippen molar-refractivity contribution in [2.75, 3.05) is 13.2 Å². The number of rotatable bonds is 4. The molecule has 20 heavy (non-hydrogen) atoms. The van der Waals surface area contributed by atoms with Gasteiger partial charge in [0.15, 0.2) is 12.2 Å². The van der Waals surface area contributed by atoms with Crippen LogP contribution < -0.4 is 11.5 Å². The van der Waals surface area contributed by atoms with Crippen LogP contribution in [0.25, 0.3) is 0 Å². The van der Waals surface area contributed by atoms with Gasteiger partial charge >= 0.3 is 11.9 Å². The second kappa shape index (κ2) is 6.04. The topological polar surface area (TPSA) is 123 Å². The van der Waals surface area contributed by atoms with Crippen molar-refractivity contribution in [3.8, 4) is 0 Å². The van der Waals surface area contributed by atoms with Crippen LogP contribution in [-0.2, 0) is 28.5 Å². The molecule has 4 N–H and O–H groups in total. The Labute approximate surface area is 116 Å². The molecule has 0 saturated carbocycles. The lowest BCUT2D eigenvalue weighted by Crippen LogP contribution is -2.40. The van der Waals surface area contributed by atoms with Crippen LogP contribution >= 0.6 is 0 Å². The van der Waals surface area contributed by atoms with E-state index < -0.39 is 48.4 Å². The second-order valence-electron chi connectivity index (χ2n) is 5.12. The van der Waals surface area contributed by atoms with Crippen molar-refractivity contribution in [1.29, 1.82) is 0 Å². The molecule has 0 aromatic rings. The third-order valence-electron chi connectivity index (χ3n) is 3.24. The zero-order valence-electron chi connectivity index (χ0n) is 11.5. The minimum absolute atomic E-state index is 0.194. The van der Waals surface area contributed by atoms with E-state index >= 15 is 0 Å². The molecule has 0 spiro atoms. The Morgan fingerprint density at radius 3 is 1.60 bits per heavy atom. The summed E-state index contributed by atoms with van der Waals surface area (Å²) in [6.45, 7) is 3.47. The molecule has 2 heterocycles. The van der Waals surface area contributed by atoms with Gasteiger partial charge in [0.1, 0.15) is 24.3 Å². The summed E-state index contributed by atoms with van der Waals surface area (Å²) >= 11 is 0. The predicted octanol–water partition coefficient (Wildman–Crippen LogP) is -1.70. The van der Waals surface area contributed by atoms with Gasteiger partial charge in [-0.1, -0.05) is 0 Å². The van der Waals surface area contributed by atoms with Gasteiger partial charge in [-0.3, -0.25) is 9.59 Å². The van der Waals surface area contributed by atoms with E-state index in [1.165, 1.54) is 0 Å². The molecule has 0 aromatic carbocycles. The Morgan fingerprint density at radius 2 is 1.30 bits per heavy atom. The number of fused-ring (bicyclic) bond motifs is 1. The lowest BCUT2D eigenvalue weighted by atomic mass is 10.1. The summed E-state index contributed by atoms with van der Waals surface area (Å²) < 4.78 is 21.4. The van der Waals surface area contributed by atoms with Crippen LogP contribution in [0, 0.1) is 0 Å². The Hall–Kier alpha value is -1.22. The Kier molecular flexibility index (Phi) is 4.59. The molecule has 0 unspecified atom stereocenters. The standard InChI is InChI=1S/C12H20N2O6/c1-5(13)11(15)19-7-3-17-10-8(4-18-9(7)10)20-12(16)6(2)14/h5-10H,3-4,13-14H2,1-2H3/t5-,6-,7-,8+,9+,10+/m0/s1. The number of carbonyl (C=O) groups is 2. The molecular weight excluding hydrogens is 268 g/mol. The highest BCUT2D eigenvalue weighted by atomic mass is 16.7. The maximum absolute atomic E-state index is 11.5. The molecule has 2 aliphatic rings. The number of carbonyl (C=O) groups excluding carboxylic acids is 2. The number of hydrogen-bond acceptors (Lipinski definition) is 8. The molecule has 2 fully saturated rings. The molecular formula is C12H20N2O6. The van der Waals surface area contributed by atoms with Crippen LogP contribution in [0.2, 0.25) is 0 Å². The molecule has 0 radical (unpaired) electrons. The first-order chi connectivity index (χ1) is 9.40. The first-order valence-corrected chi connectivity index (χ1v) is 6.55. The molecule has 0 amide bonds. The van der Waals surface area contributed by atoms with Gasteiger partial charge in [0.2, 0.25) is 0 Å². The Balaban J connectivity index is 1.91. The van der Waals surface area contributed by atoms with Crippen molar-refractivity contribution >= 4 is 11.9 Å². The number of ether oxygens (including phenoxy) is 4. The fourth-order valence-electron chi connectivity index (χ4n) is 2.14.